The molecule has 0 atom stereocenters. The maximum Gasteiger partial charge on any atom is 0.417 e. The first-order valence-electron chi connectivity index (χ1n) is 5.02. The largest absolute Gasteiger partial charge is 0.494 e. The number of nitrogens with one attached hydrogen (secondary N) is 2. The van der Waals surface area contributed by atoms with Crippen molar-refractivity contribution in [2.45, 2.75) is 6.42 Å². The van der Waals surface area contributed by atoms with Crippen molar-refractivity contribution in [3.63, 3.8) is 0 Å². The van der Waals surface area contributed by atoms with Crippen molar-refractivity contribution in [1.29, 1.82) is 5.41 Å². The molecule has 0 fully saturated rings. The third kappa shape index (κ3) is 5.35. The molecule has 0 radical (unpaired) electrons. The van der Waals surface area contributed by atoms with Crippen molar-refractivity contribution in [2.75, 3.05) is 11.9 Å². The molecule has 6 heteroatoms. The summed E-state index contributed by atoms with van der Waals surface area (Å²) in [5.41, 5.74) is 0. The molecule has 92 valence electrons. The zero-order valence-corrected chi connectivity index (χ0v) is 10.7. The molecule has 0 saturated heterocycles. The first kappa shape index (κ1) is 13.5. The molecule has 1 aromatic carbocycles. The number of ether oxygens (including phenoxy) is 2. The van der Waals surface area contributed by atoms with Crippen LogP contribution in [0.4, 0.5) is 4.79 Å². The summed E-state index contributed by atoms with van der Waals surface area (Å²) in [6.45, 7) is 0.639. The minimum absolute atomic E-state index is 0.400. The zero-order chi connectivity index (χ0) is 12.5. The van der Waals surface area contributed by atoms with E-state index in [4.69, 9.17) is 14.9 Å². The molecule has 0 saturated carbocycles. The lowest BCUT2D eigenvalue weighted by Gasteiger charge is -2.06. The van der Waals surface area contributed by atoms with Crippen LogP contribution in [0.5, 0.6) is 11.5 Å². The van der Waals surface area contributed by atoms with Gasteiger partial charge in [-0.3, -0.25) is 10.7 Å². The third-order valence-electron chi connectivity index (χ3n) is 1.77. The molecule has 0 aliphatic carbocycles. The van der Waals surface area contributed by atoms with Crippen LogP contribution in [-0.2, 0) is 0 Å². The first-order valence-corrected chi connectivity index (χ1v) is 6.14. The van der Waals surface area contributed by atoms with E-state index in [9.17, 15) is 4.79 Å². The Kier molecular flexibility index (Phi) is 6.09. The Morgan fingerprint density at radius 2 is 2.00 bits per heavy atom. The average Bonchev–Trinajstić information content (AvgIpc) is 2.32. The molecule has 0 aliphatic heterocycles. The summed E-state index contributed by atoms with van der Waals surface area (Å²) in [5, 5.41) is 9.66. The number of hydrogen-bond acceptors (Lipinski definition) is 4. The molecule has 5 nitrogen and oxygen atoms in total. The minimum Gasteiger partial charge on any atom is -0.494 e. The molecular weight excluding hydrogens is 288 g/mol. The molecule has 0 bridgehead atoms. The van der Waals surface area contributed by atoms with Crippen LogP contribution in [0.25, 0.3) is 0 Å². The van der Waals surface area contributed by atoms with Crippen molar-refractivity contribution in [3.05, 3.63) is 24.3 Å². The van der Waals surface area contributed by atoms with Crippen LogP contribution in [-0.4, -0.2) is 24.4 Å². The molecule has 1 amide bonds. The second-order valence-electron chi connectivity index (χ2n) is 3.04. The van der Waals surface area contributed by atoms with E-state index < -0.39 is 6.09 Å². The topological polar surface area (TPSA) is 71.4 Å². The molecular formula is C11H13BrN2O3. The second-order valence-corrected chi connectivity index (χ2v) is 3.83. The third-order valence-corrected chi connectivity index (χ3v) is 2.33. The van der Waals surface area contributed by atoms with Crippen LogP contribution in [0, 0.1) is 5.41 Å². The maximum atomic E-state index is 11.0. The fourth-order valence-corrected chi connectivity index (χ4v) is 1.27. The van der Waals surface area contributed by atoms with Gasteiger partial charge in [-0.25, -0.2) is 4.79 Å². The van der Waals surface area contributed by atoms with E-state index in [2.05, 4.69) is 21.2 Å². The summed E-state index contributed by atoms with van der Waals surface area (Å²) in [6, 6.07) is 6.71. The number of alkyl halides is 1. The van der Waals surface area contributed by atoms with Crippen LogP contribution in [0.2, 0.25) is 0 Å². The molecule has 0 heterocycles. The van der Waals surface area contributed by atoms with E-state index in [0.29, 0.717) is 12.4 Å². The fraction of sp³-hybridized carbons (Fsp3) is 0.273. The molecule has 0 unspecified atom stereocenters. The lowest BCUT2D eigenvalue weighted by molar-refractivity contribution is 0.206. The highest BCUT2D eigenvalue weighted by atomic mass is 79.9. The lowest BCUT2D eigenvalue weighted by atomic mass is 10.3. The number of halogens is 1. The van der Waals surface area contributed by atoms with Gasteiger partial charge in [-0.15, -0.1) is 0 Å². The van der Waals surface area contributed by atoms with E-state index in [1.54, 1.807) is 24.3 Å². The van der Waals surface area contributed by atoms with Gasteiger partial charge in [0.05, 0.1) is 12.9 Å². The van der Waals surface area contributed by atoms with Crippen molar-refractivity contribution >= 4 is 28.4 Å². The van der Waals surface area contributed by atoms with Gasteiger partial charge in [-0.1, -0.05) is 15.9 Å². The minimum atomic E-state index is -0.687. The summed E-state index contributed by atoms with van der Waals surface area (Å²) >= 11 is 3.31. The highest BCUT2D eigenvalue weighted by molar-refractivity contribution is 9.09. The van der Waals surface area contributed by atoms with Crippen LogP contribution in [0.3, 0.4) is 0 Å². The van der Waals surface area contributed by atoms with E-state index in [0.717, 1.165) is 23.8 Å². The summed E-state index contributed by atoms with van der Waals surface area (Å²) in [4.78, 5) is 11.0. The van der Waals surface area contributed by atoms with Gasteiger partial charge in [0.25, 0.3) is 0 Å². The van der Waals surface area contributed by atoms with Crippen molar-refractivity contribution in [3.8, 4) is 11.5 Å². The van der Waals surface area contributed by atoms with Gasteiger partial charge < -0.3 is 9.47 Å². The number of benzene rings is 1. The average molecular weight is 301 g/mol. The molecule has 1 rings (SSSR count). The Bertz CT molecular complexity index is 367. The molecule has 17 heavy (non-hydrogen) atoms. The second kappa shape index (κ2) is 7.67. The monoisotopic (exact) mass is 300 g/mol. The van der Waals surface area contributed by atoms with Crippen LogP contribution in [0.1, 0.15) is 6.42 Å². The molecule has 2 N–H and O–H groups in total. The summed E-state index contributed by atoms with van der Waals surface area (Å²) in [6.07, 6.45) is 1.01. The highest BCUT2D eigenvalue weighted by Gasteiger charge is 2.02. The van der Waals surface area contributed by atoms with Crippen LogP contribution in [0.15, 0.2) is 24.3 Å². The fourth-order valence-electron chi connectivity index (χ4n) is 1.04. The van der Waals surface area contributed by atoms with E-state index in [-0.39, 0.29) is 0 Å². The Hall–Kier alpha value is -1.56. The smallest absolute Gasteiger partial charge is 0.417 e. The Balaban J connectivity index is 2.44. The standard InChI is InChI=1S/C11H13BrN2O3/c12-6-1-7-16-9-2-4-10(5-3-9)17-11(15)14-8-13/h2-5,8H,1,6-7H2,(H2,13,14,15). The zero-order valence-electron chi connectivity index (χ0n) is 9.11. The Morgan fingerprint density at radius 3 is 2.59 bits per heavy atom. The number of carbonyl (C=O) groups excluding carboxylic acids is 1. The van der Waals surface area contributed by atoms with Gasteiger partial charge in [0.15, 0.2) is 0 Å². The van der Waals surface area contributed by atoms with Gasteiger partial charge in [0.1, 0.15) is 11.5 Å². The normalized spacial score (nSPS) is 9.47. The van der Waals surface area contributed by atoms with Gasteiger partial charge >= 0.3 is 6.09 Å². The van der Waals surface area contributed by atoms with Crippen molar-refractivity contribution in [1.82, 2.24) is 5.32 Å². The molecule has 0 aliphatic rings. The van der Waals surface area contributed by atoms with Gasteiger partial charge in [0.2, 0.25) is 0 Å². The van der Waals surface area contributed by atoms with E-state index >= 15 is 0 Å². The maximum absolute atomic E-state index is 11.0. The molecule has 0 aromatic heterocycles. The van der Waals surface area contributed by atoms with E-state index in [1.807, 2.05) is 0 Å². The van der Waals surface area contributed by atoms with Crippen molar-refractivity contribution in [2.24, 2.45) is 0 Å². The highest BCUT2D eigenvalue weighted by Crippen LogP contribution is 2.17. The predicted octanol–water partition coefficient (Wildman–Crippen LogP) is 2.55. The summed E-state index contributed by atoms with van der Waals surface area (Å²) < 4.78 is 10.3. The van der Waals surface area contributed by atoms with E-state index in [1.165, 1.54) is 0 Å². The first-order chi connectivity index (χ1) is 8.26. The predicted molar refractivity (Wildman–Crippen MR) is 68.3 cm³/mol. The Morgan fingerprint density at radius 1 is 1.35 bits per heavy atom. The van der Waals surface area contributed by atoms with Crippen LogP contribution < -0.4 is 14.8 Å². The summed E-state index contributed by atoms with van der Waals surface area (Å²) in [7, 11) is 0. The lowest BCUT2D eigenvalue weighted by Crippen LogP contribution is -2.24. The van der Waals surface area contributed by atoms with Gasteiger partial charge in [-0.2, -0.15) is 0 Å². The molecule has 0 spiro atoms. The van der Waals surface area contributed by atoms with Gasteiger partial charge in [-0.05, 0) is 30.7 Å². The van der Waals surface area contributed by atoms with Crippen molar-refractivity contribution < 1.29 is 14.3 Å². The number of amides is 1. The van der Waals surface area contributed by atoms with Gasteiger partial charge in [0, 0.05) is 5.33 Å². The van der Waals surface area contributed by atoms with Crippen LogP contribution >= 0.6 is 15.9 Å². The number of carbonyl (C=O) groups is 1. The molecule has 1 aromatic rings. The summed E-state index contributed by atoms with van der Waals surface area (Å²) in [5.74, 6) is 1.13. The number of rotatable bonds is 6. The number of hydrogen-bond donors (Lipinski definition) is 2. The quantitative estimate of drug-likeness (QED) is 0.367. The Labute approximate surface area is 108 Å². The SMILES string of the molecule is N=CNC(=O)Oc1ccc(OCCCBr)cc1.